The van der Waals surface area contributed by atoms with Crippen molar-refractivity contribution in [2.45, 2.75) is 13.5 Å². The maximum Gasteiger partial charge on any atom is 0.168 e. The summed E-state index contributed by atoms with van der Waals surface area (Å²) in [4.78, 5) is 8.53. The molecule has 5 nitrogen and oxygen atoms in total. The normalized spacial score (nSPS) is 10.4. The van der Waals surface area contributed by atoms with Crippen LogP contribution in [0.4, 0.5) is 5.82 Å². The lowest BCUT2D eigenvalue weighted by Gasteiger charge is -2.11. The number of nitrogens with zero attached hydrogens (tertiary/aromatic N) is 2. The topological polar surface area (TPSA) is 73.1 Å². The van der Waals surface area contributed by atoms with Crippen LogP contribution in [0.15, 0.2) is 31.6 Å². The first-order valence-corrected chi connectivity index (χ1v) is 7.96. The lowest BCUT2D eigenvalue weighted by molar-refractivity contribution is 0.292. The predicted molar refractivity (Wildman–Crippen MR) is 88.5 cm³/mol. The standard InChI is InChI=1S/C12H11Br3N4O/c1-6-2-10(19-16)18-11(17-6)5-20-12-8(14)3-7(13)4-9(12)15/h2-4H,5,16H2,1H3,(H,17,18,19). The van der Waals surface area contributed by atoms with E-state index < -0.39 is 0 Å². The van der Waals surface area contributed by atoms with E-state index in [1.54, 1.807) is 6.07 Å². The fourth-order valence-electron chi connectivity index (χ4n) is 1.57. The van der Waals surface area contributed by atoms with E-state index in [0.29, 0.717) is 17.4 Å². The quantitative estimate of drug-likeness (QED) is 0.527. The third-order valence-electron chi connectivity index (χ3n) is 2.36. The average Bonchev–Trinajstić information content (AvgIpc) is 2.36. The summed E-state index contributed by atoms with van der Waals surface area (Å²) in [6.45, 7) is 2.12. The summed E-state index contributed by atoms with van der Waals surface area (Å²) in [5.74, 6) is 7.17. The molecular formula is C12H11Br3N4O. The molecule has 106 valence electrons. The summed E-state index contributed by atoms with van der Waals surface area (Å²) < 4.78 is 8.38. The van der Waals surface area contributed by atoms with Gasteiger partial charge in [-0.05, 0) is 50.9 Å². The van der Waals surface area contributed by atoms with Gasteiger partial charge in [0.1, 0.15) is 18.2 Å². The summed E-state index contributed by atoms with van der Waals surface area (Å²) in [6.07, 6.45) is 0. The summed E-state index contributed by atoms with van der Waals surface area (Å²) in [6, 6.07) is 5.57. The van der Waals surface area contributed by atoms with Crippen LogP contribution in [0.1, 0.15) is 11.5 Å². The van der Waals surface area contributed by atoms with Gasteiger partial charge in [0, 0.05) is 16.2 Å². The smallest absolute Gasteiger partial charge is 0.168 e. The molecule has 1 aromatic heterocycles. The predicted octanol–water partition coefficient (Wildman–Crippen LogP) is 3.94. The van der Waals surface area contributed by atoms with Crippen LogP contribution in [0.5, 0.6) is 5.75 Å². The molecule has 0 aliphatic heterocycles. The van der Waals surface area contributed by atoms with E-state index in [0.717, 1.165) is 19.1 Å². The first-order valence-electron chi connectivity index (χ1n) is 5.58. The van der Waals surface area contributed by atoms with Crippen molar-refractivity contribution in [1.29, 1.82) is 0 Å². The third-order valence-corrected chi connectivity index (χ3v) is 3.99. The highest BCUT2D eigenvalue weighted by atomic mass is 79.9. The van der Waals surface area contributed by atoms with Crippen molar-refractivity contribution in [3.05, 3.63) is 43.1 Å². The number of hydrazine groups is 1. The van der Waals surface area contributed by atoms with Gasteiger partial charge in [-0.15, -0.1) is 0 Å². The maximum atomic E-state index is 5.75. The molecule has 0 atom stereocenters. The first kappa shape index (κ1) is 15.7. The lowest BCUT2D eigenvalue weighted by Crippen LogP contribution is -2.12. The Bertz CT molecular complexity index is 613. The van der Waals surface area contributed by atoms with Crippen molar-refractivity contribution in [2.75, 3.05) is 5.43 Å². The molecule has 20 heavy (non-hydrogen) atoms. The van der Waals surface area contributed by atoms with Crippen LogP contribution in [-0.2, 0) is 6.61 Å². The summed E-state index contributed by atoms with van der Waals surface area (Å²) in [5.41, 5.74) is 3.33. The van der Waals surface area contributed by atoms with E-state index in [-0.39, 0.29) is 6.61 Å². The Labute approximate surface area is 141 Å². The van der Waals surface area contributed by atoms with Crippen molar-refractivity contribution < 1.29 is 4.74 Å². The maximum absolute atomic E-state index is 5.75. The molecule has 2 rings (SSSR count). The minimum Gasteiger partial charge on any atom is -0.483 e. The zero-order valence-electron chi connectivity index (χ0n) is 10.5. The van der Waals surface area contributed by atoms with Crippen molar-refractivity contribution in [2.24, 2.45) is 5.84 Å². The molecule has 0 aliphatic rings. The zero-order chi connectivity index (χ0) is 14.7. The van der Waals surface area contributed by atoms with E-state index in [1.165, 1.54) is 0 Å². The van der Waals surface area contributed by atoms with Gasteiger partial charge >= 0.3 is 0 Å². The number of rotatable bonds is 4. The van der Waals surface area contributed by atoms with Gasteiger partial charge < -0.3 is 10.2 Å². The third kappa shape index (κ3) is 3.91. The minimum absolute atomic E-state index is 0.245. The Morgan fingerprint density at radius 2 is 1.80 bits per heavy atom. The van der Waals surface area contributed by atoms with Gasteiger partial charge in [0.05, 0.1) is 8.95 Å². The molecule has 0 unspecified atom stereocenters. The average molecular weight is 467 g/mol. The van der Waals surface area contributed by atoms with Gasteiger partial charge in [-0.2, -0.15) is 0 Å². The number of halogens is 3. The second-order valence-corrected chi connectivity index (χ2v) is 6.57. The fraction of sp³-hybridized carbons (Fsp3) is 0.167. The lowest BCUT2D eigenvalue weighted by atomic mass is 10.3. The number of hydrogen-bond acceptors (Lipinski definition) is 5. The molecule has 2 aromatic rings. The second kappa shape index (κ2) is 6.84. The van der Waals surface area contributed by atoms with Crippen LogP contribution in [0.3, 0.4) is 0 Å². The number of nitrogens with one attached hydrogen (secondary N) is 1. The molecule has 0 radical (unpaired) electrons. The van der Waals surface area contributed by atoms with Gasteiger partial charge in [0.25, 0.3) is 0 Å². The summed E-state index contributed by atoms with van der Waals surface area (Å²) in [5, 5.41) is 0. The molecule has 1 aromatic carbocycles. The number of aromatic nitrogens is 2. The number of benzene rings is 1. The Balaban J connectivity index is 2.19. The van der Waals surface area contributed by atoms with Crippen LogP contribution < -0.4 is 16.0 Å². The number of aryl methyl sites for hydroxylation is 1. The van der Waals surface area contributed by atoms with Gasteiger partial charge in [0.2, 0.25) is 0 Å². The van der Waals surface area contributed by atoms with E-state index in [4.69, 9.17) is 10.6 Å². The van der Waals surface area contributed by atoms with E-state index in [9.17, 15) is 0 Å². The van der Waals surface area contributed by atoms with Crippen LogP contribution in [0, 0.1) is 6.92 Å². The van der Waals surface area contributed by atoms with Crippen LogP contribution in [0.2, 0.25) is 0 Å². The molecule has 0 spiro atoms. The van der Waals surface area contributed by atoms with Crippen LogP contribution in [-0.4, -0.2) is 9.97 Å². The summed E-state index contributed by atoms with van der Waals surface area (Å²) >= 11 is 10.3. The van der Waals surface area contributed by atoms with Gasteiger partial charge in [-0.25, -0.2) is 15.8 Å². The van der Waals surface area contributed by atoms with Crippen LogP contribution >= 0.6 is 47.8 Å². The Morgan fingerprint density at radius 1 is 1.15 bits per heavy atom. The van der Waals surface area contributed by atoms with E-state index in [2.05, 4.69) is 63.2 Å². The minimum atomic E-state index is 0.245. The Hall–Kier alpha value is -0.700. The first-order chi connectivity index (χ1) is 9.49. The van der Waals surface area contributed by atoms with Crippen molar-refractivity contribution in [3.63, 3.8) is 0 Å². The number of nitrogen functional groups attached to an aromatic ring is 1. The largest absolute Gasteiger partial charge is 0.483 e. The number of anilines is 1. The molecule has 1 heterocycles. The Morgan fingerprint density at radius 3 is 2.40 bits per heavy atom. The molecule has 0 fully saturated rings. The molecule has 8 heteroatoms. The van der Waals surface area contributed by atoms with E-state index >= 15 is 0 Å². The summed E-state index contributed by atoms with van der Waals surface area (Å²) in [7, 11) is 0. The number of hydrogen-bond donors (Lipinski definition) is 2. The molecule has 0 saturated carbocycles. The molecule has 0 saturated heterocycles. The van der Waals surface area contributed by atoms with Gasteiger partial charge in [-0.3, -0.25) is 0 Å². The van der Waals surface area contributed by atoms with Gasteiger partial charge in [-0.1, -0.05) is 15.9 Å². The molecule has 0 amide bonds. The molecular weight excluding hydrogens is 456 g/mol. The molecule has 3 N–H and O–H groups in total. The number of nitrogens with two attached hydrogens (primary N) is 1. The molecule has 0 aliphatic carbocycles. The second-order valence-electron chi connectivity index (χ2n) is 3.94. The van der Waals surface area contributed by atoms with Crippen molar-refractivity contribution >= 4 is 53.6 Å². The fourth-order valence-corrected chi connectivity index (χ4v) is 4.06. The van der Waals surface area contributed by atoms with Gasteiger partial charge in [0.15, 0.2) is 5.82 Å². The van der Waals surface area contributed by atoms with E-state index in [1.807, 2.05) is 19.1 Å². The SMILES string of the molecule is Cc1cc(NN)nc(COc2c(Br)cc(Br)cc2Br)n1. The highest BCUT2D eigenvalue weighted by Crippen LogP contribution is 2.36. The van der Waals surface area contributed by atoms with Crippen molar-refractivity contribution in [3.8, 4) is 5.75 Å². The van der Waals surface area contributed by atoms with Crippen LogP contribution in [0.25, 0.3) is 0 Å². The zero-order valence-corrected chi connectivity index (χ0v) is 15.2. The molecule has 0 bridgehead atoms. The monoisotopic (exact) mass is 464 g/mol. The number of ether oxygens (including phenoxy) is 1. The highest BCUT2D eigenvalue weighted by Gasteiger charge is 2.10. The van der Waals surface area contributed by atoms with Crippen molar-refractivity contribution in [1.82, 2.24) is 9.97 Å². The highest BCUT2D eigenvalue weighted by molar-refractivity contribution is 9.11. The Kier molecular flexibility index (Phi) is 5.36.